The Hall–Kier alpha value is -2.30. The summed E-state index contributed by atoms with van der Waals surface area (Å²) < 4.78 is 70.9. The summed E-state index contributed by atoms with van der Waals surface area (Å²) in [5, 5.41) is 2.22. The number of hydrogen-bond acceptors (Lipinski definition) is 4. The molecule has 0 aliphatic rings. The fourth-order valence-electron chi connectivity index (χ4n) is 2.44. The zero-order valence-electron chi connectivity index (χ0n) is 17.0. The lowest BCUT2D eigenvalue weighted by Gasteiger charge is -2.14. The molecular weight excluding hydrogens is 457 g/mol. The van der Waals surface area contributed by atoms with Gasteiger partial charge in [-0.25, -0.2) is 13.1 Å². The van der Waals surface area contributed by atoms with Gasteiger partial charge in [0.2, 0.25) is 10.0 Å². The van der Waals surface area contributed by atoms with Crippen LogP contribution in [-0.4, -0.2) is 27.5 Å². The number of nitrogens with one attached hydrogen (secondary N) is 2. The Morgan fingerprint density at radius 2 is 1.84 bits per heavy atom. The van der Waals surface area contributed by atoms with Crippen molar-refractivity contribution in [3.8, 4) is 5.75 Å². The summed E-state index contributed by atoms with van der Waals surface area (Å²) in [4.78, 5) is 12.2. The number of ether oxygens (including phenoxy) is 1. The summed E-state index contributed by atoms with van der Waals surface area (Å²) in [5.74, 6) is -0.327. The largest absolute Gasteiger partial charge is 0.483 e. The summed E-state index contributed by atoms with van der Waals surface area (Å²) in [6.45, 7) is 5.14. The molecule has 11 heteroatoms. The summed E-state index contributed by atoms with van der Waals surface area (Å²) in [5.41, 5.74) is -0.677. The van der Waals surface area contributed by atoms with Gasteiger partial charge in [-0.1, -0.05) is 25.4 Å². The predicted octanol–water partition coefficient (Wildman–Crippen LogP) is 4.62. The molecule has 0 fully saturated rings. The van der Waals surface area contributed by atoms with Crippen molar-refractivity contribution in [3.63, 3.8) is 0 Å². The number of alkyl halides is 3. The molecule has 0 aromatic heterocycles. The van der Waals surface area contributed by atoms with E-state index in [4.69, 9.17) is 16.3 Å². The number of benzene rings is 2. The van der Waals surface area contributed by atoms with Crippen molar-refractivity contribution < 1.29 is 31.1 Å². The number of anilines is 1. The Labute approximate surface area is 183 Å². The molecule has 0 aliphatic heterocycles. The van der Waals surface area contributed by atoms with E-state index < -0.39 is 34.3 Å². The number of aryl methyl sites for hydroxylation is 1. The first-order valence-electron chi connectivity index (χ1n) is 9.19. The van der Waals surface area contributed by atoms with E-state index in [-0.39, 0.29) is 33.8 Å². The molecule has 0 atom stereocenters. The van der Waals surface area contributed by atoms with Crippen molar-refractivity contribution in [3.05, 3.63) is 52.5 Å². The second-order valence-electron chi connectivity index (χ2n) is 7.20. The summed E-state index contributed by atoms with van der Waals surface area (Å²) in [7, 11) is -3.68. The first-order valence-corrected chi connectivity index (χ1v) is 11.1. The third kappa shape index (κ3) is 7.12. The molecule has 0 aliphatic carbocycles. The van der Waals surface area contributed by atoms with E-state index in [0.717, 1.165) is 18.2 Å². The molecule has 0 unspecified atom stereocenters. The van der Waals surface area contributed by atoms with Crippen LogP contribution >= 0.6 is 11.6 Å². The van der Waals surface area contributed by atoms with Crippen molar-refractivity contribution in [2.75, 3.05) is 18.5 Å². The van der Waals surface area contributed by atoms with Gasteiger partial charge in [0.25, 0.3) is 5.91 Å². The SMILES string of the molecule is Cc1cc(S(=O)(=O)NCC(C)C)ccc1OCC(=O)Nc1cc(C(F)(F)F)ccc1Cl. The van der Waals surface area contributed by atoms with Crippen LogP contribution in [0.3, 0.4) is 0 Å². The van der Waals surface area contributed by atoms with Gasteiger partial charge in [0.05, 0.1) is 21.2 Å². The smallest absolute Gasteiger partial charge is 0.416 e. The van der Waals surface area contributed by atoms with Crippen molar-refractivity contribution >= 4 is 33.2 Å². The maximum atomic E-state index is 12.8. The third-order valence-corrected chi connectivity index (χ3v) is 5.82. The Balaban J connectivity index is 2.04. The monoisotopic (exact) mass is 478 g/mol. The van der Waals surface area contributed by atoms with E-state index in [2.05, 4.69) is 10.0 Å². The number of carbonyl (C=O) groups excluding carboxylic acids is 1. The van der Waals surface area contributed by atoms with E-state index in [9.17, 15) is 26.4 Å². The van der Waals surface area contributed by atoms with Crippen LogP contribution in [0, 0.1) is 12.8 Å². The predicted molar refractivity (Wildman–Crippen MR) is 112 cm³/mol. The number of hydrogen-bond donors (Lipinski definition) is 2. The second kappa shape index (κ2) is 9.88. The van der Waals surface area contributed by atoms with E-state index >= 15 is 0 Å². The zero-order chi connectivity index (χ0) is 23.4. The molecule has 0 radical (unpaired) electrons. The van der Waals surface area contributed by atoms with Crippen molar-refractivity contribution in [1.82, 2.24) is 4.72 Å². The number of halogens is 4. The van der Waals surface area contributed by atoms with Gasteiger partial charge in [-0.2, -0.15) is 13.2 Å². The van der Waals surface area contributed by atoms with Crippen molar-refractivity contribution in [1.29, 1.82) is 0 Å². The minimum absolute atomic E-state index is 0.0539. The molecule has 170 valence electrons. The Morgan fingerprint density at radius 1 is 1.16 bits per heavy atom. The van der Waals surface area contributed by atoms with E-state index in [1.807, 2.05) is 13.8 Å². The van der Waals surface area contributed by atoms with Crippen LogP contribution in [0.15, 0.2) is 41.3 Å². The molecular formula is C20H22ClF3N2O4S. The van der Waals surface area contributed by atoms with Crippen LogP contribution in [0.1, 0.15) is 25.0 Å². The van der Waals surface area contributed by atoms with Gasteiger partial charge < -0.3 is 10.1 Å². The lowest BCUT2D eigenvalue weighted by molar-refractivity contribution is -0.137. The van der Waals surface area contributed by atoms with Crippen LogP contribution in [0.4, 0.5) is 18.9 Å². The molecule has 2 N–H and O–H groups in total. The summed E-state index contributed by atoms with van der Waals surface area (Å²) in [6, 6.07) is 6.73. The van der Waals surface area contributed by atoms with Gasteiger partial charge in [-0.15, -0.1) is 0 Å². The topological polar surface area (TPSA) is 84.5 Å². The Kier molecular flexibility index (Phi) is 7.96. The number of amides is 1. The van der Waals surface area contributed by atoms with Crippen LogP contribution < -0.4 is 14.8 Å². The Morgan fingerprint density at radius 3 is 2.42 bits per heavy atom. The lowest BCUT2D eigenvalue weighted by atomic mass is 10.2. The standard InChI is InChI=1S/C20H22ClF3N2O4S/c1-12(2)10-25-31(28,29)15-5-7-18(13(3)8-15)30-11-19(27)26-17-9-14(20(22,23)24)4-6-16(17)21/h4-9,12,25H,10-11H2,1-3H3,(H,26,27). The van der Waals surface area contributed by atoms with Crippen molar-refractivity contribution in [2.45, 2.75) is 31.8 Å². The lowest BCUT2D eigenvalue weighted by Crippen LogP contribution is -2.27. The minimum Gasteiger partial charge on any atom is -0.483 e. The number of carbonyl (C=O) groups is 1. The van der Waals surface area contributed by atoms with E-state index in [1.165, 1.54) is 18.2 Å². The highest BCUT2D eigenvalue weighted by Crippen LogP contribution is 2.33. The van der Waals surface area contributed by atoms with Crippen LogP contribution in [0.25, 0.3) is 0 Å². The Bertz CT molecular complexity index is 1060. The summed E-state index contributed by atoms with van der Waals surface area (Å²) >= 11 is 5.85. The van der Waals surface area contributed by atoms with E-state index in [1.54, 1.807) is 6.92 Å². The molecule has 1 amide bonds. The van der Waals surface area contributed by atoms with Crippen LogP contribution in [-0.2, 0) is 21.0 Å². The quantitative estimate of drug-likeness (QED) is 0.580. The van der Waals surface area contributed by atoms with Gasteiger partial charge >= 0.3 is 6.18 Å². The fraction of sp³-hybridized carbons (Fsp3) is 0.350. The van der Waals surface area contributed by atoms with Crippen molar-refractivity contribution in [2.24, 2.45) is 5.92 Å². The van der Waals surface area contributed by atoms with Gasteiger partial charge in [-0.05, 0) is 54.8 Å². The van der Waals surface area contributed by atoms with E-state index in [0.29, 0.717) is 5.56 Å². The fourth-order valence-corrected chi connectivity index (χ4v) is 3.90. The molecule has 2 aromatic rings. The first-order chi connectivity index (χ1) is 14.3. The third-order valence-electron chi connectivity index (χ3n) is 4.06. The highest BCUT2D eigenvalue weighted by molar-refractivity contribution is 7.89. The maximum Gasteiger partial charge on any atom is 0.416 e. The highest BCUT2D eigenvalue weighted by atomic mass is 35.5. The number of sulfonamides is 1. The highest BCUT2D eigenvalue weighted by Gasteiger charge is 2.31. The minimum atomic E-state index is -4.58. The maximum absolute atomic E-state index is 12.8. The molecule has 0 spiro atoms. The van der Waals surface area contributed by atoms with Crippen LogP contribution in [0.2, 0.25) is 5.02 Å². The molecule has 6 nitrogen and oxygen atoms in total. The van der Waals surface area contributed by atoms with Gasteiger partial charge in [0, 0.05) is 6.54 Å². The molecule has 31 heavy (non-hydrogen) atoms. The molecule has 2 aromatic carbocycles. The first kappa shape index (κ1) is 25.0. The molecule has 0 heterocycles. The second-order valence-corrected chi connectivity index (χ2v) is 9.38. The zero-order valence-corrected chi connectivity index (χ0v) is 18.6. The van der Waals surface area contributed by atoms with Gasteiger partial charge in [0.1, 0.15) is 5.75 Å². The van der Waals surface area contributed by atoms with Gasteiger partial charge in [0.15, 0.2) is 6.61 Å². The normalized spacial score (nSPS) is 12.1. The van der Waals surface area contributed by atoms with Gasteiger partial charge in [-0.3, -0.25) is 4.79 Å². The average Bonchev–Trinajstić information content (AvgIpc) is 2.66. The summed E-state index contributed by atoms with van der Waals surface area (Å²) in [6.07, 6.45) is -4.58. The molecule has 0 bridgehead atoms. The van der Waals surface area contributed by atoms with Crippen LogP contribution in [0.5, 0.6) is 5.75 Å². The molecule has 0 saturated heterocycles. The number of rotatable bonds is 8. The molecule has 0 saturated carbocycles. The average molecular weight is 479 g/mol. The molecule has 2 rings (SSSR count).